The summed E-state index contributed by atoms with van der Waals surface area (Å²) in [5, 5.41) is 3.28. The van der Waals surface area contributed by atoms with Crippen molar-refractivity contribution in [1.82, 2.24) is 5.32 Å². The first-order chi connectivity index (χ1) is 6.95. The lowest BCUT2D eigenvalue weighted by molar-refractivity contribution is 0.839. The molecule has 0 unspecified atom stereocenters. The third-order valence-electron chi connectivity index (χ3n) is 3.01. The fourth-order valence-corrected chi connectivity index (χ4v) is 2.31. The average Bonchev–Trinajstić information content (AvgIpc) is 2.42. The van der Waals surface area contributed by atoms with Gasteiger partial charge >= 0.3 is 0 Å². The fraction of sp³-hybridized carbons (Fsp3) is 0.231. The van der Waals surface area contributed by atoms with E-state index in [0.717, 1.165) is 19.4 Å². The predicted octanol–water partition coefficient (Wildman–Crippen LogP) is 2.62. The number of fused-ring (bicyclic) bond motifs is 2. The molecule has 0 aromatic heterocycles. The SMILES string of the molecule is C1=CCC2=C3CCNC=CC3=CC2=C1. The highest BCUT2D eigenvalue weighted by Gasteiger charge is 2.20. The number of rotatable bonds is 0. The molecule has 1 nitrogen and oxygen atoms in total. The molecule has 0 saturated carbocycles. The molecule has 0 fully saturated rings. The second kappa shape index (κ2) is 3.02. The van der Waals surface area contributed by atoms with Crippen molar-refractivity contribution >= 4 is 0 Å². The highest BCUT2D eigenvalue weighted by atomic mass is 14.8. The Bertz CT molecular complexity index is 417. The molecule has 0 amide bonds. The van der Waals surface area contributed by atoms with Gasteiger partial charge in [-0.1, -0.05) is 18.2 Å². The Hall–Kier alpha value is -1.50. The maximum Gasteiger partial charge on any atom is 0.0182 e. The predicted molar refractivity (Wildman–Crippen MR) is 58.7 cm³/mol. The highest BCUT2D eigenvalue weighted by Crippen LogP contribution is 2.37. The van der Waals surface area contributed by atoms with Crippen molar-refractivity contribution in [3.63, 3.8) is 0 Å². The maximum absolute atomic E-state index is 3.28. The Balaban J connectivity index is 2.12. The normalized spacial score (nSPS) is 23.4. The Labute approximate surface area is 84.2 Å². The summed E-state index contributed by atoms with van der Waals surface area (Å²) in [4.78, 5) is 0. The molecule has 70 valence electrons. The van der Waals surface area contributed by atoms with E-state index in [0.29, 0.717) is 0 Å². The summed E-state index contributed by atoms with van der Waals surface area (Å²) in [5.74, 6) is 0. The van der Waals surface area contributed by atoms with Crippen LogP contribution in [0.2, 0.25) is 0 Å². The van der Waals surface area contributed by atoms with Gasteiger partial charge in [0, 0.05) is 6.54 Å². The fourth-order valence-electron chi connectivity index (χ4n) is 2.31. The topological polar surface area (TPSA) is 12.0 Å². The number of hydrogen-bond donors (Lipinski definition) is 1. The number of allylic oxidation sites excluding steroid dienone is 8. The molecule has 14 heavy (non-hydrogen) atoms. The van der Waals surface area contributed by atoms with E-state index in [1.807, 2.05) is 0 Å². The lowest BCUT2D eigenvalue weighted by Crippen LogP contribution is -2.05. The summed E-state index contributed by atoms with van der Waals surface area (Å²) in [7, 11) is 0. The summed E-state index contributed by atoms with van der Waals surface area (Å²) >= 11 is 0. The van der Waals surface area contributed by atoms with E-state index in [-0.39, 0.29) is 0 Å². The first kappa shape index (κ1) is 7.86. The maximum atomic E-state index is 3.28. The van der Waals surface area contributed by atoms with Crippen LogP contribution in [0.15, 0.2) is 58.9 Å². The second-order valence-electron chi connectivity index (χ2n) is 3.85. The van der Waals surface area contributed by atoms with Gasteiger partial charge in [0.2, 0.25) is 0 Å². The van der Waals surface area contributed by atoms with Crippen LogP contribution in [0.5, 0.6) is 0 Å². The van der Waals surface area contributed by atoms with E-state index in [1.54, 1.807) is 5.57 Å². The lowest BCUT2D eigenvalue weighted by atomic mass is 9.96. The summed E-state index contributed by atoms with van der Waals surface area (Å²) in [5.41, 5.74) is 5.90. The van der Waals surface area contributed by atoms with Gasteiger partial charge in [-0.15, -0.1) is 0 Å². The monoisotopic (exact) mass is 183 g/mol. The molecule has 0 spiro atoms. The molecule has 1 N–H and O–H groups in total. The molecule has 1 aliphatic heterocycles. The van der Waals surface area contributed by atoms with Gasteiger partial charge in [-0.25, -0.2) is 0 Å². The first-order valence-corrected chi connectivity index (χ1v) is 5.16. The number of hydrogen-bond acceptors (Lipinski definition) is 1. The summed E-state index contributed by atoms with van der Waals surface area (Å²) < 4.78 is 0. The zero-order valence-electron chi connectivity index (χ0n) is 8.09. The van der Waals surface area contributed by atoms with Gasteiger partial charge in [0.25, 0.3) is 0 Å². The van der Waals surface area contributed by atoms with Gasteiger partial charge in [-0.05, 0) is 53.5 Å². The Morgan fingerprint density at radius 2 is 2.14 bits per heavy atom. The van der Waals surface area contributed by atoms with Crippen LogP contribution in [-0.4, -0.2) is 6.54 Å². The molecule has 3 aliphatic rings. The van der Waals surface area contributed by atoms with E-state index < -0.39 is 0 Å². The standard InChI is InChI=1S/C13H13N/c1-2-4-12-10(3-1)9-11-5-7-14-8-6-13(11)12/h1-3,5,7,9,14H,4,6,8H2. The van der Waals surface area contributed by atoms with Gasteiger partial charge in [-0.3, -0.25) is 0 Å². The molecule has 0 saturated heterocycles. The molecular formula is C13H13N. The molecule has 1 heterocycles. The van der Waals surface area contributed by atoms with Crippen LogP contribution in [0, 0.1) is 0 Å². The number of nitrogens with one attached hydrogen (secondary N) is 1. The minimum absolute atomic E-state index is 1.06. The first-order valence-electron chi connectivity index (χ1n) is 5.16. The van der Waals surface area contributed by atoms with E-state index in [4.69, 9.17) is 0 Å². The van der Waals surface area contributed by atoms with E-state index in [9.17, 15) is 0 Å². The minimum atomic E-state index is 1.06. The zero-order chi connectivity index (χ0) is 9.38. The smallest absolute Gasteiger partial charge is 0.0182 e. The van der Waals surface area contributed by atoms with Crippen LogP contribution in [0.25, 0.3) is 0 Å². The summed E-state index contributed by atoms with van der Waals surface area (Å²) in [6, 6.07) is 0. The lowest BCUT2D eigenvalue weighted by Gasteiger charge is -2.09. The summed E-state index contributed by atoms with van der Waals surface area (Å²) in [6.07, 6.45) is 15.4. The minimum Gasteiger partial charge on any atom is -0.391 e. The molecule has 0 aromatic rings. The Morgan fingerprint density at radius 3 is 3.14 bits per heavy atom. The van der Waals surface area contributed by atoms with Gasteiger partial charge < -0.3 is 5.32 Å². The van der Waals surface area contributed by atoms with Gasteiger partial charge in [0.05, 0.1) is 0 Å². The Kier molecular flexibility index (Phi) is 1.69. The second-order valence-corrected chi connectivity index (χ2v) is 3.85. The molecule has 0 aromatic carbocycles. The third kappa shape index (κ3) is 1.09. The molecular weight excluding hydrogens is 170 g/mol. The van der Waals surface area contributed by atoms with Crippen molar-refractivity contribution in [2.24, 2.45) is 0 Å². The van der Waals surface area contributed by atoms with Crippen molar-refractivity contribution in [3.05, 3.63) is 58.9 Å². The molecule has 0 bridgehead atoms. The molecule has 2 aliphatic carbocycles. The van der Waals surface area contributed by atoms with Crippen LogP contribution in [0.3, 0.4) is 0 Å². The largest absolute Gasteiger partial charge is 0.391 e. The zero-order valence-corrected chi connectivity index (χ0v) is 8.09. The van der Waals surface area contributed by atoms with Crippen molar-refractivity contribution in [2.75, 3.05) is 6.54 Å². The molecule has 0 radical (unpaired) electrons. The third-order valence-corrected chi connectivity index (χ3v) is 3.01. The van der Waals surface area contributed by atoms with Gasteiger partial charge in [0.1, 0.15) is 0 Å². The average molecular weight is 183 g/mol. The van der Waals surface area contributed by atoms with E-state index in [2.05, 4.69) is 41.9 Å². The van der Waals surface area contributed by atoms with Crippen molar-refractivity contribution < 1.29 is 0 Å². The highest BCUT2D eigenvalue weighted by molar-refractivity contribution is 5.64. The van der Waals surface area contributed by atoms with Crippen LogP contribution < -0.4 is 5.32 Å². The van der Waals surface area contributed by atoms with E-state index in [1.165, 1.54) is 16.7 Å². The van der Waals surface area contributed by atoms with Crippen molar-refractivity contribution in [3.8, 4) is 0 Å². The van der Waals surface area contributed by atoms with Gasteiger partial charge in [-0.2, -0.15) is 0 Å². The van der Waals surface area contributed by atoms with Crippen LogP contribution >= 0.6 is 0 Å². The Morgan fingerprint density at radius 1 is 1.14 bits per heavy atom. The molecule has 3 rings (SSSR count). The van der Waals surface area contributed by atoms with Crippen LogP contribution in [0.4, 0.5) is 0 Å². The van der Waals surface area contributed by atoms with Crippen LogP contribution in [-0.2, 0) is 0 Å². The van der Waals surface area contributed by atoms with Crippen LogP contribution in [0.1, 0.15) is 12.8 Å². The van der Waals surface area contributed by atoms with Crippen molar-refractivity contribution in [2.45, 2.75) is 12.8 Å². The quantitative estimate of drug-likeness (QED) is 0.608. The van der Waals surface area contributed by atoms with Crippen molar-refractivity contribution in [1.29, 1.82) is 0 Å². The summed E-state index contributed by atoms with van der Waals surface area (Å²) in [6.45, 7) is 1.06. The molecule has 1 heteroatoms. The molecule has 0 atom stereocenters. The van der Waals surface area contributed by atoms with Gasteiger partial charge in [0.15, 0.2) is 0 Å². The van der Waals surface area contributed by atoms with E-state index >= 15 is 0 Å².